The molecule has 9 aromatic carbocycles. The normalized spacial score (nSPS) is 10.8. The molecule has 2 N–H and O–H groups in total. The summed E-state index contributed by atoms with van der Waals surface area (Å²) in [4.78, 5) is 50.7. The van der Waals surface area contributed by atoms with E-state index in [1.165, 1.54) is 24.3 Å². The van der Waals surface area contributed by atoms with Crippen molar-refractivity contribution in [3.8, 4) is 69.0 Å². The fourth-order valence-electron chi connectivity index (χ4n) is 11.0. The lowest BCUT2D eigenvalue weighted by atomic mass is 10.0. The Labute approximate surface area is 643 Å². The summed E-state index contributed by atoms with van der Waals surface area (Å²) in [5.41, 5.74) is 14.5. The molecule has 0 spiro atoms. The first-order valence-corrected chi connectivity index (χ1v) is 35.1. The first kappa shape index (κ1) is 87.3. The van der Waals surface area contributed by atoms with Gasteiger partial charge in [-0.15, -0.1) is 0 Å². The van der Waals surface area contributed by atoms with E-state index in [9.17, 15) is 29.4 Å². The van der Waals surface area contributed by atoms with Crippen molar-refractivity contribution in [3.63, 3.8) is 0 Å². The zero-order chi connectivity index (χ0) is 79.1. The van der Waals surface area contributed by atoms with E-state index in [1.54, 1.807) is 133 Å². The van der Waals surface area contributed by atoms with Gasteiger partial charge >= 0.3 is 0 Å². The molecular weight excluding hydrogens is 1370 g/mol. The van der Waals surface area contributed by atoms with E-state index in [4.69, 9.17) is 47.4 Å². The Bertz CT molecular complexity index is 4740. The predicted octanol–water partition coefficient (Wildman–Crippen LogP) is 21.2. The third-order valence-electron chi connectivity index (χ3n) is 17.0. The number of phenolic OH excluding ortho intramolecular Hbond substituents is 2. The van der Waals surface area contributed by atoms with Crippen LogP contribution in [-0.2, 0) is 6.61 Å². The topological polar surface area (TPSA) is 201 Å². The highest BCUT2D eigenvalue weighted by molar-refractivity contribution is 6.11. The molecule has 0 atom stereocenters. The summed E-state index contributed by atoms with van der Waals surface area (Å²) < 4.78 is 55.9. The van der Waals surface area contributed by atoms with E-state index in [-0.39, 0.29) is 59.8 Å². The van der Waals surface area contributed by atoms with Crippen molar-refractivity contribution in [1.29, 1.82) is 0 Å². The smallest absolute Gasteiger partial charge is 0.189 e. The van der Waals surface area contributed by atoms with Gasteiger partial charge in [0.1, 0.15) is 88.8 Å². The van der Waals surface area contributed by atoms with E-state index in [0.717, 1.165) is 95.6 Å². The second-order valence-corrected chi connectivity index (χ2v) is 25.5. The quantitative estimate of drug-likeness (QED) is 0.0244. The Morgan fingerprint density at radius 3 is 1.22 bits per heavy atom. The van der Waals surface area contributed by atoms with Crippen LogP contribution in [0.1, 0.15) is 149 Å². The van der Waals surface area contributed by atoms with Crippen LogP contribution < -0.4 is 47.4 Å². The molecule has 9 rings (SSSR count). The predicted molar refractivity (Wildman–Crippen MR) is 439 cm³/mol. The molecule has 0 heterocycles. The summed E-state index contributed by atoms with van der Waals surface area (Å²) in [5, 5.41) is 19.0. The molecular formula is C93H104O16. The van der Waals surface area contributed by atoms with Gasteiger partial charge in [0.25, 0.3) is 0 Å². The summed E-state index contributed by atoms with van der Waals surface area (Å²) in [6.07, 6.45) is 16.2. The number of methoxy groups -OCH3 is 5. The largest absolute Gasteiger partial charge is 0.508 e. The third-order valence-corrected chi connectivity index (χ3v) is 17.0. The molecule has 0 aliphatic carbocycles. The molecule has 0 radical (unpaired) electrons. The van der Waals surface area contributed by atoms with Crippen LogP contribution in [0.3, 0.4) is 0 Å². The van der Waals surface area contributed by atoms with E-state index in [1.807, 2.05) is 168 Å². The number of carbonyl (C=O) groups is 4. The molecule has 0 aromatic heterocycles. The number of rotatable bonds is 30. The molecule has 0 saturated carbocycles. The van der Waals surface area contributed by atoms with Crippen molar-refractivity contribution in [3.05, 3.63) is 296 Å². The van der Waals surface area contributed by atoms with Gasteiger partial charge in [-0.2, -0.15) is 0 Å². The zero-order valence-corrected chi connectivity index (χ0v) is 65.0. The van der Waals surface area contributed by atoms with E-state index < -0.39 is 0 Å². The molecule has 9 aromatic rings. The molecule has 16 nitrogen and oxygen atoms in total. The Kier molecular flexibility index (Phi) is 34.7. The molecule has 109 heavy (non-hydrogen) atoms. The number of ketones is 4. The fraction of sp³-hybridized carbons (Fsp3) is 0.247. The van der Waals surface area contributed by atoms with Crippen LogP contribution in [0.2, 0.25) is 0 Å². The molecule has 16 heteroatoms. The molecule has 0 fully saturated rings. The van der Waals surface area contributed by atoms with Gasteiger partial charge in [0.05, 0.1) is 70.0 Å². The Balaban J connectivity index is 0.000000260. The fourth-order valence-corrected chi connectivity index (χ4v) is 11.0. The first-order valence-electron chi connectivity index (χ1n) is 35.1. The number of allylic oxidation sites excluding steroid dienone is 4. The van der Waals surface area contributed by atoms with Crippen LogP contribution >= 0.6 is 0 Å². The molecule has 0 aliphatic heterocycles. The maximum atomic E-state index is 12.9. The summed E-state index contributed by atoms with van der Waals surface area (Å²) in [6, 6.07) is 45.3. The minimum absolute atomic E-state index is 0. The Hall–Kier alpha value is -12.3. The van der Waals surface area contributed by atoms with Crippen LogP contribution in [0.15, 0.2) is 201 Å². The highest BCUT2D eigenvalue weighted by Gasteiger charge is 2.19. The van der Waals surface area contributed by atoms with Crippen molar-refractivity contribution in [1.82, 2.24) is 0 Å². The van der Waals surface area contributed by atoms with Gasteiger partial charge in [-0.3, -0.25) is 19.2 Å². The molecule has 0 saturated heterocycles. The first-order chi connectivity index (χ1) is 51.7. The van der Waals surface area contributed by atoms with Gasteiger partial charge in [0.15, 0.2) is 23.1 Å². The van der Waals surface area contributed by atoms with E-state index in [2.05, 4.69) is 13.2 Å². The van der Waals surface area contributed by atoms with Crippen molar-refractivity contribution >= 4 is 47.4 Å². The van der Waals surface area contributed by atoms with Crippen LogP contribution in [-0.4, -0.2) is 94.3 Å². The number of carbonyl (C=O) groups excluding carboxylic acids is 4. The number of hydrogen-bond acceptors (Lipinski definition) is 16. The average molecular weight is 1480 g/mol. The second kappa shape index (κ2) is 43.4. The van der Waals surface area contributed by atoms with Crippen molar-refractivity contribution in [2.45, 2.75) is 109 Å². The molecule has 572 valence electrons. The maximum Gasteiger partial charge on any atom is 0.189 e. The van der Waals surface area contributed by atoms with E-state index >= 15 is 0 Å². The van der Waals surface area contributed by atoms with Gasteiger partial charge in [-0.1, -0.05) is 106 Å². The highest BCUT2D eigenvalue weighted by atomic mass is 16.5. The highest BCUT2D eigenvalue weighted by Crippen LogP contribution is 2.36. The van der Waals surface area contributed by atoms with Crippen LogP contribution in [0.5, 0.6) is 69.0 Å². The Morgan fingerprint density at radius 2 is 0.780 bits per heavy atom. The van der Waals surface area contributed by atoms with Gasteiger partial charge in [0.2, 0.25) is 0 Å². The van der Waals surface area contributed by atoms with Crippen LogP contribution in [0, 0.1) is 55.4 Å². The number of aryl methyl sites for hydroxylation is 4. The van der Waals surface area contributed by atoms with Crippen molar-refractivity contribution in [2.75, 3.05) is 48.8 Å². The lowest BCUT2D eigenvalue weighted by molar-refractivity contribution is 0.103. The number of benzene rings is 9. The number of ether oxygens (including phenoxy) is 10. The maximum absolute atomic E-state index is 12.9. The van der Waals surface area contributed by atoms with Crippen molar-refractivity contribution in [2.24, 2.45) is 0 Å². The van der Waals surface area contributed by atoms with Gasteiger partial charge < -0.3 is 57.6 Å². The SMILES string of the molecule is C.C=CCOc1ccc(C(=O)/C=C/c2ccc(C)c(C)c2OC)c(OCC=C)c1.COc1c(/C=C/C(=O)c2ccc(C)cc2OCc2ccccc2)ccc(C)c1C.COc1c(/C=C/C(=O)c2ccc(OC(C)C)cc2OC(C)C)ccc(C)c1C.COc1ccc(/C=C/C(=O)c2ccc(O)cc2O)c(OC)c1C. The van der Waals surface area contributed by atoms with Crippen molar-refractivity contribution < 1.29 is 76.8 Å². The Morgan fingerprint density at radius 1 is 0.385 bits per heavy atom. The van der Waals surface area contributed by atoms with Gasteiger partial charge in [-0.05, 0) is 237 Å². The summed E-state index contributed by atoms with van der Waals surface area (Å²) in [7, 11) is 8.05. The number of aromatic hydroxyl groups is 2. The standard InChI is InChI=1S/C26H26O3.C24H30O4.C24H26O4.C18H18O5.CH4/c1-18-10-14-23(25(16-18)29-17-21-8-6-5-7-9-21)24(27)15-13-22-12-11-19(2)20(3)26(22)28-4;1-15(2)27-20-11-12-21(23(14-20)28-16(3)4)22(25)13-10-19-9-8-17(5)18(6)24(19)26-7;1-6-14-27-20-11-12-21(23(16-20)28-15-7-2)22(25)13-10-19-9-8-17(3)18(4)24(19)26-5;1-11-17(22-2)9-5-12(18(11)23-3)4-8-15(20)14-7-6-13(19)10-16(14)21;/h5-16H,17H2,1-4H3;8-16H,1-7H3;6-13,16H,1-2,14-15H2,3-5H3;4-10,19,21H,1-3H3;1H4/b15-13+;2*13-10+;8-4+;. The number of phenols is 2. The molecule has 0 amide bonds. The van der Waals surface area contributed by atoms with Gasteiger partial charge in [0, 0.05) is 46.0 Å². The van der Waals surface area contributed by atoms with Crippen LogP contribution in [0.4, 0.5) is 0 Å². The lowest BCUT2D eigenvalue weighted by Crippen LogP contribution is -2.11. The second-order valence-electron chi connectivity index (χ2n) is 25.5. The molecule has 0 aliphatic rings. The third kappa shape index (κ3) is 25.2. The monoisotopic (exact) mass is 1480 g/mol. The zero-order valence-electron chi connectivity index (χ0n) is 65.0. The lowest BCUT2D eigenvalue weighted by Gasteiger charge is -2.16. The average Bonchev–Trinajstić information content (AvgIpc) is 0.850. The van der Waals surface area contributed by atoms with E-state index in [0.29, 0.717) is 76.8 Å². The minimum Gasteiger partial charge on any atom is -0.508 e. The van der Waals surface area contributed by atoms with Crippen LogP contribution in [0.25, 0.3) is 24.3 Å². The summed E-state index contributed by atoms with van der Waals surface area (Å²) >= 11 is 0. The number of hydrogen-bond donors (Lipinski definition) is 2. The molecule has 0 bridgehead atoms. The minimum atomic E-state index is -0.377. The van der Waals surface area contributed by atoms with Gasteiger partial charge in [-0.25, -0.2) is 0 Å². The summed E-state index contributed by atoms with van der Waals surface area (Å²) in [5.74, 6) is 5.35. The molecule has 0 unspecified atom stereocenters. The summed E-state index contributed by atoms with van der Waals surface area (Å²) in [6.45, 7) is 32.1.